The maximum Gasteiger partial charge on any atom is 0.0651 e. The number of aliphatic hydroxyl groups excluding tert-OH is 1. The highest BCUT2D eigenvalue weighted by Crippen LogP contribution is 2.23. The summed E-state index contributed by atoms with van der Waals surface area (Å²) >= 11 is 5.83. The van der Waals surface area contributed by atoms with Crippen LogP contribution in [0.25, 0.3) is 0 Å². The number of aliphatic hydroxyl groups is 1. The molecule has 0 radical (unpaired) electrons. The molecule has 1 aromatic rings. The van der Waals surface area contributed by atoms with Crippen LogP contribution in [-0.4, -0.2) is 16.7 Å². The molecule has 3 nitrogen and oxygen atoms in total. The molecule has 0 bridgehead atoms. The molecular weight excluding hydrogens is 176 g/mol. The topological polar surface area (TPSA) is 59.1 Å². The minimum Gasteiger partial charge on any atom is -0.394 e. The first-order valence-corrected chi connectivity index (χ1v) is 3.95. The van der Waals surface area contributed by atoms with Gasteiger partial charge in [-0.05, 0) is 18.6 Å². The van der Waals surface area contributed by atoms with Gasteiger partial charge in [-0.3, -0.25) is 4.98 Å². The van der Waals surface area contributed by atoms with Crippen LogP contribution in [0.3, 0.4) is 0 Å². The van der Waals surface area contributed by atoms with Crippen molar-refractivity contribution in [1.29, 1.82) is 0 Å². The molecule has 1 heterocycles. The first kappa shape index (κ1) is 9.45. The molecule has 66 valence electrons. The van der Waals surface area contributed by atoms with Crippen LogP contribution in [-0.2, 0) is 5.54 Å². The lowest BCUT2D eigenvalue weighted by Crippen LogP contribution is -2.37. The SMILES string of the molecule is C[C@](N)(CO)c1ccncc1Cl. The zero-order valence-corrected chi connectivity index (χ0v) is 7.54. The van der Waals surface area contributed by atoms with Gasteiger partial charge in [0.05, 0.1) is 17.2 Å². The summed E-state index contributed by atoms with van der Waals surface area (Å²) in [4.78, 5) is 3.82. The number of hydrogen-bond acceptors (Lipinski definition) is 3. The van der Waals surface area contributed by atoms with E-state index in [1.807, 2.05) is 0 Å². The highest BCUT2D eigenvalue weighted by atomic mass is 35.5. The smallest absolute Gasteiger partial charge is 0.0651 e. The van der Waals surface area contributed by atoms with E-state index in [1.165, 1.54) is 6.20 Å². The Labute approximate surface area is 76.2 Å². The number of hydrogen-bond donors (Lipinski definition) is 2. The van der Waals surface area contributed by atoms with Crippen molar-refractivity contribution in [2.75, 3.05) is 6.61 Å². The molecule has 0 aliphatic rings. The predicted molar refractivity (Wildman–Crippen MR) is 47.9 cm³/mol. The molecule has 1 atom stereocenters. The molecule has 1 aromatic heterocycles. The number of nitrogens with zero attached hydrogens (tertiary/aromatic N) is 1. The summed E-state index contributed by atoms with van der Waals surface area (Å²) in [6.45, 7) is 1.57. The Balaban J connectivity index is 3.10. The molecule has 0 aliphatic carbocycles. The van der Waals surface area contributed by atoms with E-state index in [0.717, 1.165) is 0 Å². The molecule has 1 rings (SSSR count). The second-order valence-corrected chi connectivity index (χ2v) is 3.34. The molecule has 12 heavy (non-hydrogen) atoms. The monoisotopic (exact) mass is 186 g/mol. The van der Waals surface area contributed by atoms with Crippen molar-refractivity contribution in [3.8, 4) is 0 Å². The summed E-state index contributed by atoms with van der Waals surface area (Å²) in [5, 5.41) is 9.45. The molecule has 0 saturated heterocycles. The third-order valence-corrected chi connectivity index (χ3v) is 2.02. The van der Waals surface area contributed by atoms with Crippen molar-refractivity contribution >= 4 is 11.6 Å². The van der Waals surface area contributed by atoms with Gasteiger partial charge in [0.15, 0.2) is 0 Å². The number of pyridine rings is 1. The average molecular weight is 187 g/mol. The van der Waals surface area contributed by atoms with Gasteiger partial charge < -0.3 is 10.8 Å². The zero-order valence-electron chi connectivity index (χ0n) is 6.79. The van der Waals surface area contributed by atoms with Gasteiger partial charge in [0.25, 0.3) is 0 Å². The van der Waals surface area contributed by atoms with Crippen LogP contribution in [0.5, 0.6) is 0 Å². The number of halogens is 1. The van der Waals surface area contributed by atoms with Gasteiger partial charge in [-0.15, -0.1) is 0 Å². The fourth-order valence-electron chi connectivity index (χ4n) is 0.924. The normalized spacial score (nSPS) is 15.7. The summed E-state index contributed by atoms with van der Waals surface area (Å²) in [5.41, 5.74) is 5.69. The van der Waals surface area contributed by atoms with Gasteiger partial charge >= 0.3 is 0 Å². The highest BCUT2D eigenvalue weighted by molar-refractivity contribution is 6.31. The summed E-state index contributed by atoms with van der Waals surface area (Å²) in [5.74, 6) is 0. The molecule has 0 saturated carbocycles. The van der Waals surface area contributed by atoms with E-state index in [9.17, 15) is 0 Å². The summed E-state index contributed by atoms with van der Waals surface area (Å²) in [6.07, 6.45) is 3.11. The molecule has 0 spiro atoms. The predicted octanol–water partition coefficient (Wildman–Crippen LogP) is 0.901. The minimum atomic E-state index is -0.792. The number of rotatable bonds is 2. The van der Waals surface area contributed by atoms with Gasteiger partial charge in [0.2, 0.25) is 0 Å². The molecule has 0 aliphatic heterocycles. The van der Waals surface area contributed by atoms with Crippen LogP contribution in [0.15, 0.2) is 18.5 Å². The van der Waals surface area contributed by atoms with Crippen LogP contribution in [0.1, 0.15) is 12.5 Å². The maximum absolute atomic E-state index is 8.97. The van der Waals surface area contributed by atoms with E-state index < -0.39 is 5.54 Å². The lowest BCUT2D eigenvalue weighted by atomic mass is 9.95. The van der Waals surface area contributed by atoms with Gasteiger partial charge in [-0.2, -0.15) is 0 Å². The van der Waals surface area contributed by atoms with Gasteiger partial charge in [0, 0.05) is 12.4 Å². The molecule has 0 amide bonds. The van der Waals surface area contributed by atoms with E-state index in [-0.39, 0.29) is 6.61 Å². The Hall–Kier alpha value is -0.640. The molecule has 4 heteroatoms. The van der Waals surface area contributed by atoms with Crippen molar-refractivity contribution < 1.29 is 5.11 Å². The van der Waals surface area contributed by atoms with E-state index >= 15 is 0 Å². The van der Waals surface area contributed by atoms with Crippen molar-refractivity contribution in [3.63, 3.8) is 0 Å². The van der Waals surface area contributed by atoms with E-state index in [2.05, 4.69) is 4.98 Å². The lowest BCUT2D eigenvalue weighted by Gasteiger charge is -2.22. The van der Waals surface area contributed by atoms with Crippen molar-refractivity contribution in [3.05, 3.63) is 29.0 Å². The van der Waals surface area contributed by atoms with Crippen molar-refractivity contribution in [2.45, 2.75) is 12.5 Å². The average Bonchev–Trinajstić information content (AvgIpc) is 2.05. The van der Waals surface area contributed by atoms with Gasteiger partial charge in [0.1, 0.15) is 0 Å². The molecule has 3 N–H and O–H groups in total. The van der Waals surface area contributed by atoms with Crippen molar-refractivity contribution in [1.82, 2.24) is 4.98 Å². The first-order valence-electron chi connectivity index (χ1n) is 3.57. The summed E-state index contributed by atoms with van der Waals surface area (Å²) in [6, 6.07) is 1.71. The summed E-state index contributed by atoms with van der Waals surface area (Å²) < 4.78 is 0. The lowest BCUT2D eigenvalue weighted by molar-refractivity contribution is 0.210. The Kier molecular flexibility index (Phi) is 2.67. The van der Waals surface area contributed by atoms with Crippen LogP contribution in [0, 0.1) is 0 Å². The summed E-state index contributed by atoms with van der Waals surface area (Å²) in [7, 11) is 0. The highest BCUT2D eigenvalue weighted by Gasteiger charge is 2.22. The quantitative estimate of drug-likeness (QED) is 0.722. The third kappa shape index (κ3) is 1.75. The van der Waals surface area contributed by atoms with E-state index in [4.69, 9.17) is 22.4 Å². The number of nitrogens with two attached hydrogens (primary N) is 1. The maximum atomic E-state index is 8.97. The molecule has 0 aromatic carbocycles. The third-order valence-electron chi connectivity index (χ3n) is 1.72. The Morgan fingerprint density at radius 1 is 1.75 bits per heavy atom. The van der Waals surface area contributed by atoms with Crippen LogP contribution in [0.2, 0.25) is 5.02 Å². The van der Waals surface area contributed by atoms with Crippen molar-refractivity contribution in [2.24, 2.45) is 5.73 Å². The molecular formula is C8H11ClN2O. The van der Waals surface area contributed by atoms with Gasteiger partial charge in [-0.1, -0.05) is 11.6 Å². The fraction of sp³-hybridized carbons (Fsp3) is 0.375. The zero-order chi connectivity index (χ0) is 9.19. The molecule has 0 fully saturated rings. The number of aromatic nitrogens is 1. The molecule has 0 unspecified atom stereocenters. The van der Waals surface area contributed by atoms with Crippen LogP contribution < -0.4 is 5.73 Å². The van der Waals surface area contributed by atoms with Gasteiger partial charge in [-0.25, -0.2) is 0 Å². The first-order chi connectivity index (χ1) is 5.58. The van der Waals surface area contributed by atoms with Crippen LogP contribution >= 0.6 is 11.6 Å². The standard InChI is InChI=1S/C8H11ClN2O/c1-8(10,5-12)6-2-3-11-4-7(6)9/h2-4,12H,5,10H2,1H3/t8-/m0/s1. The Bertz CT molecular complexity index is 276. The Morgan fingerprint density at radius 2 is 2.42 bits per heavy atom. The fourth-order valence-corrected chi connectivity index (χ4v) is 1.26. The van der Waals surface area contributed by atoms with E-state index in [0.29, 0.717) is 10.6 Å². The largest absolute Gasteiger partial charge is 0.394 e. The second-order valence-electron chi connectivity index (χ2n) is 2.93. The van der Waals surface area contributed by atoms with Crippen LogP contribution in [0.4, 0.5) is 0 Å². The Morgan fingerprint density at radius 3 is 2.92 bits per heavy atom. The van der Waals surface area contributed by atoms with E-state index in [1.54, 1.807) is 19.2 Å². The second kappa shape index (κ2) is 3.39. The minimum absolute atomic E-state index is 0.142.